The first kappa shape index (κ1) is 27.3. The minimum Gasteiger partial charge on any atom is -0.367 e. The average molecular weight is 551 g/mol. The number of anilines is 5. The van der Waals surface area contributed by atoms with Crippen molar-refractivity contribution in [2.75, 3.05) is 29.2 Å². The number of aliphatic imine (C=N–C) groups is 1. The minimum absolute atomic E-state index is 0.498. The highest BCUT2D eigenvalue weighted by atomic mass is 15.2. The van der Waals surface area contributed by atoms with Crippen LogP contribution in [0.4, 0.5) is 34.1 Å². The maximum atomic E-state index is 5.67. The third-order valence-corrected chi connectivity index (χ3v) is 8.33. The molecule has 0 aliphatic carbocycles. The van der Waals surface area contributed by atoms with Crippen LogP contribution < -0.4 is 15.1 Å². The van der Waals surface area contributed by atoms with Crippen LogP contribution in [0.1, 0.15) is 37.3 Å². The zero-order chi connectivity index (χ0) is 28.9. The largest absolute Gasteiger partial charge is 0.367 e. The molecule has 5 aromatic rings. The molecule has 0 spiro atoms. The van der Waals surface area contributed by atoms with E-state index >= 15 is 0 Å². The molecule has 0 bridgehead atoms. The Hall–Kier alpha value is -4.83. The number of para-hydroxylation sites is 2. The highest BCUT2D eigenvalue weighted by Gasteiger charge is 2.42. The number of rotatable bonds is 9. The van der Waals surface area contributed by atoms with Crippen LogP contribution in [0.5, 0.6) is 0 Å². The van der Waals surface area contributed by atoms with Gasteiger partial charge in [0.1, 0.15) is 11.2 Å². The number of hydrogen-bond acceptors (Lipinski definition) is 4. The lowest BCUT2D eigenvalue weighted by Crippen LogP contribution is -2.46. The van der Waals surface area contributed by atoms with Gasteiger partial charge >= 0.3 is 0 Å². The van der Waals surface area contributed by atoms with Gasteiger partial charge in [-0.3, -0.25) is 0 Å². The van der Waals surface area contributed by atoms with Gasteiger partial charge in [-0.1, -0.05) is 117 Å². The molecule has 1 aliphatic rings. The summed E-state index contributed by atoms with van der Waals surface area (Å²) in [5.74, 6) is 0. The number of unbranched alkanes of at least 4 members (excludes halogenated alkanes) is 1. The van der Waals surface area contributed by atoms with Crippen LogP contribution in [0.25, 0.3) is 0 Å². The molecular formula is C38H38N4. The normalized spacial score (nSPS) is 15.7. The van der Waals surface area contributed by atoms with E-state index in [0.29, 0.717) is 0 Å². The fraction of sp³-hybridized carbons (Fsp3) is 0.184. The third-order valence-electron chi connectivity index (χ3n) is 8.33. The number of nitrogens with one attached hydrogen (secondary N) is 1. The average Bonchev–Trinajstić information content (AvgIpc) is 3.07. The molecule has 1 N–H and O–H groups in total. The predicted octanol–water partition coefficient (Wildman–Crippen LogP) is 9.85. The first-order chi connectivity index (χ1) is 20.6. The molecule has 0 saturated heterocycles. The number of fused-ring (bicyclic) bond motifs is 1. The van der Waals surface area contributed by atoms with E-state index in [1.54, 1.807) is 0 Å². The lowest BCUT2D eigenvalue weighted by atomic mass is 9.76. The van der Waals surface area contributed by atoms with Crippen LogP contribution in [0.3, 0.4) is 0 Å². The van der Waals surface area contributed by atoms with Gasteiger partial charge < -0.3 is 15.1 Å². The first-order valence-electron chi connectivity index (χ1n) is 14.9. The van der Waals surface area contributed by atoms with E-state index in [-0.39, 0.29) is 0 Å². The smallest absolute Gasteiger partial charge is 0.112 e. The van der Waals surface area contributed by atoms with Crippen molar-refractivity contribution >= 4 is 39.8 Å². The van der Waals surface area contributed by atoms with Crippen LogP contribution >= 0.6 is 0 Å². The third kappa shape index (κ3) is 5.05. The molecule has 1 atom stereocenters. The standard InChI is InChI=1S/C38H38N4/c1-4-5-28-38(30-20-12-7-13-21-30)37(29-18-10-6-11-19-29)39-35-33(41(2)31-22-14-8-15-23-31)26-27-34(36(35)40-38)42(3)32-24-16-9-17-25-32/h6-27,40H,4-5,28H2,1-3H3. The summed E-state index contributed by atoms with van der Waals surface area (Å²) in [5.41, 5.74) is 9.29. The maximum Gasteiger partial charge on any atom is 0.112 e. The molecule has 0 radical (unpaired) electrons. The molecule has 0 aromatic heterocycles. The van der Waals surface area contributed by atoms with Crippen LogP contribution in [0.2, 0.25) is 0 Å². The van der Waals surface area contributed by atoms with Crippen LogP contribution in [-0.2, 0) is 5.54 Å². The molecule has 42 heavy (non-hydrogen) atoms. The van der Waals surface area contributed by atoms with Gasteiger partial charge in [-0.25, -0.2) is 4.99 Å². The van der Waals surface area contributed by atoms with Crippen molar-refractivity contribution in [3.63, 3.8) is 0 Å². The summed E-state index contributed by atoms with van der Waals surface area (Å²) in [7, 11) is 4.26. The van der Waals surface area contributed by atoms with Gasteiger partial charge in [0.05, 0.1) is 22.8 Å². The number of nitrogens with zero attached hydrogens (tertiary/aromatic N) is 3. The lowest BCUT2D eigenvalue weighted by molar-refractivity contribution is 0.551. The molecule has 6 rings (SSSR count). The monoisotopic (exact) mass is 550 g/mol. The summed E-state index contributed by atoms with van der Waals surface area (Å²) in [5, 5.41) is 4.18. The molecule has 1 unspecified atom stereocenters. The van der Waals surface area contributed by atoms with Gasteiger partial charge in [-0.15, -0.1) is 0 Å². The van der Waals surface area contributed by atoms with Gasteiger partial charge in [0.2, 0.25) is 0 Å². The van der Waals surface area contributed by atoms with Gasteiger partial charge in [-0.05, 0) is 53.9 Å². The van der Waals surface area contributed by atoms with Crippen molar-refractivity contribution in [2.45, 2.75) is 31.7 Å². The van der Waals surface area contributed by atoms with E-state index < -0.39 is 5.54 Å². The fourth-order valence-electron chi connectivity index (χ4n) is 6.02. The SMILES string of the molecule is CCCCC1(c2ccccc2)Nc2c(N(C)c3ccccc3)ccc(N(C)c3ccccc3)c2N=C1c1ccccc1. The minimum atomic E-state index is -0.498. The maximum absolute atomic E-state index is 5.67. The summed E-state index contributed by atoms with van der Waals surface area (Å²) >= 11 is 0. The van der Waals surface area contributed by atoms with Crippen molar-refractivity contribution in [3.8, 4) is 0 Å². The molecule has 1 aliphatic heterocycles. The van der Waals surface area contributed by atoms with Gasteiger partial charge in [0.25, 0.3) is 0 Å². The second-order valence-corrected chi connectivity index (χ2v) is 10.9. The molecule has 0 saturated carbocycles. The summed E-state index contributed by atoms with van der Waals surface area (Å²) in [6.07, 6.45) is 3.09. The van der Waals surface area contributed by atoms with Crippen LogP contribution in [-0.4, -0.2) is 19.8 Å². The van der Waals surface area contributed by atoms with E-state index in [4.69, 9.17) is 4.99 Å². The second kappa shape index (κ2) is 12.0. The molecular weight excluding hydrogens is 512 g/mol. The van der Waals surface area contributed by atoms with Crippen molar-refractivity contribution in [1.82, 2.24) is 0 Å². The molecule has 0 fully saturated rings. The first-order valence-corrected chi connectivity index (χ1v) is 14.9. The summed E-state index contributed by atoms with van der Waals surface area (Å²) in [4.78, 5) is 10.2. The Labute approximate surface area is 250 Å². The quantitative estimate of drug-likeness (QED) is 0.198. The second-order valence-electron chi connectivity index (χ2n) is 10.9. The summed E-state index contributed by atoms with van der Waals surface area (Å²) < 4.78 is 0. The van der Waals surface area contributed by atoms with E-state index in [9.17, 15) is 0 Å². The Balaban J connectivity index is 1.64. The highest BCUT2D eigenvalue weighted by Crippen LogP contribution is 2.52. The lowest BCUT2D eigenvalue weighted by Gasteiger charge is -2.43. The Bertz CT molecular complexity index is 1650. The van der Waals surface area contributed by atoms with Crippen molar-refractivity contribution < 1.29 is 0 Å². The molecule has 0 amide bonds. The molecule has 4 nitrogen and oxygen atoms in total. The Morgan fingerprint density at radius 1 is 0.619 bits per heavy atom. The van der Waals surface area contributed by atoms with E-state index in [0.717, 1.165) is 64.7 Å². The van der Waals surface area contributed by atoms with Gasteiger partial charge in [0.15, 0.2) is 0 Å². The fourth-order valence-corrected chi connectivity index (χ4v) is 6.02. The molecule has 1 heterocycles. The van der Waals surface area contributed by atoms with Crippen molar-refractivity contribution in [2.24, 2.45) is 4.99 Å². The number of benzene rings is 5. The number of hydrogen-bond donors (Lipinski definition) is 1. The summed E-state index contributed by atoms with van der Waals surface area (Å²) in [6.45, 7) is 2.26. The zero-order valence-electron chi connectivity index (χ0n) is 24.7. The van der Waals surface area contributed by atoms with Crippen molar-refractivity contribution in [1.29, 1.82) is 0 Å². The Morgan fingerprint density at radius 2 is 1.12 bits per heavy atom. The Morgan fingerprint density at radius 3 is 1.69 bits per heavy atom. The van der Waals surface area contributed by atoms with Crippen molar-refractivity contribution in [3.05, 3.63) is 145 Å². The topological polar surface area (TPSA) is 30.9 Å². The zero-order valence-corrected chi connectivity index (χ0v) is 24.7. The molecule has 210 valence electrons. The summed E-state index contributed by atoms with van der Waals surface area (Å²) in [6, 6.07) is 47.0. The highest BCUT2D eigenvalue weighted by molar-refractivity contribution is 6.15. The van der Waals surface area contributed by atoms with Gasteiger partial charge in [0, 0.05) is 25.5 Å². The Kier molecular flexibility index (Phi) is 7.78. The van der Waals surface area contributed by atoms with Crippen LogP contribution in [0.15, 0.2) is 138 Å². The van der Waals surface area contributed by atoms with Crippen LogP contribution in [0, 0.1) is 0 Å². The van der Waals surface area contributed by atoms with Gasteiger partial charge in [-0.2, -0.15) is 0 Å². The van der Waals surface area contributed by atoms with E-state index in [1.807, 2.05) is 0 Å². The molecule has 4 heteroatoms. The predicted molar refractivity (Wildman–Crippen MR) is 179 cm³/mol. The molecule has 5 aromatic carbocycles. The van der Waals surface area contributed by atoms with E-state index in [1.165, 1.54) is 5.56 Å². The van der Waals surface area contributed by atoms with E-state index in [2.05, 4.69) is 170 Å².